The number of hydrogen-bond donors (Lipinski definition) is 0. The summed E-state index contributed by atoms with van der Waals surface area (Å²) in [6.45, 7) is 0.0955. The molecule has 15 heavy (non-hydrogen) atoms. The summed E-state index contributed by atoms with van der Waals surface area (Å²) in [5.41, 5.74) is 0.246. The maximum Gasteiger partial charge on any atom is 0.339 e. The van der Waals surface area contributed by atoms with Crippen molar-refractivity contribution in [3.63, 3.8) is 0 Å². The van der Waals surface area contributed by atoms with Crippen LogP contribution in [0.4, 0.5) is 0 Å². The number of ether oxygens (including phenoxy) is 3. The predicted molar refractivity (Wildman–Crippen MR) is 56.6 cm³/mol. The summed E-state index contributed by atoms with van der Waals surface area (Å²) in [4.78, 5) is 11.4. The predicted octanol–water partition coefficient (Wildman–Crippen LogP) is 2.62. The second-order valence-electron chi connectivity index (χ2n) is 2.78. The SMILES string of the molecule is COC(=O)c1cc(Br)c2c(c1Cl)OCO2. The molecule has 0 unspecified atom stereocenters. The third-order valence-corrected chi connectivity index (χ3v) is 2.91. The number of esters is 1. The van der Waals surface area contributed by atoms with Gasteiger partial charge in [-0.3, -0.25) is 0 Å². The van der Waals surface area contributed by atoms with Crippen molar-refractivity contribution in [3.8, 4) is 11.5 Å². The lowest BCUT2D eigenvalue weighted by Crippen LogP contribution is -2.02. The van der Waals surface area contributed by atoms with Gasteiger partial charge in [-0.1, -0.05) is 11.6 Å². The van der Waals surface area contributed by atoms with Crippen LogP contribution >= 0.6 is 27.5 Å². The van der Waals surface area contributed by atoms with Crippen molar-refractivity contribution in [1.29, 1.82) is 0 Å². The summed E-state index contributed by atoms with van der Waals surface area (Å²) < 4.78 is 15.5. The first-order valence-electron chi connectivity index (χ1n) is 4.01. The van der Waals surface area contributed by atoms with Gasteiger partial charge in [-0.05, 0) is 22.0 Å². The van der Waals surface area contributed by atoms with Gasteiger partial charge < -0.3 is 14.2 Å². The lowest BCUT2D eigenvalue weighted by molar-refractivity contribution is 0.0600. The van der Waals surface area contributed by atoms with E-state index >= 15 is 0 Å². The zero-order valence-corrected chi connectivity index (χ0v) is 10.0. The molecule has 1 aliphatic rings. The van der Waals surface area contributed by atoms with Gasteiger partial charge in [-0.25, -0.2) is 4.79 Å². The van der Waals surface area contributed by atoms with E-state index in [9.17, 15) is 4.79 Å². The molecular formula is C9H6BrClO4. The number of methoxy groups -OCH3 is 1. The Morgan fingerprint density at radius 3 is 2.87 bits per heavy atom. The highest BCUT2D eigenvalue weighted by Gasteiger charge is 2.26. The molecule has 6 heteroatoms. The summed E-state index contributed by atoms with van der Waals surface area (Å²) >= 11 is 9.23. The summed E-state index contributed by atoms with van der Waals surface area (Å²) in [6.07, 6.45) is 0. The van der Waals surface area contributed by atoms with Gasteiger partial charge >= 0.3 is 5.97 Å². The van der Waals surface area contributed by atoms with Gasteiger partial charge in [0.15, 0.2) is 11.5 Å². The molecule has 0 amide bonds. The van der Waals surface area contributed by atoms with Gasteiger partial charge in [-0.2, -0.15) is 0 Å². The van der Waals surface area contributed by atoms with Crippen LogP contribution < -0.4 is 9.47 Å². The first-order chi connectivity index (χ1) is 7.15. The van der Waals surface area contributed by atoms with Crippen LogP contribution in [0.1, 0.15) is 10.4 Å². The van der Waals surface area contributed by atoms with Crippen LogP contribution in [0.15, 0.2) is 10.5 Å². The van der Waals surface area contributed by atoms with Crippen LogP contribution in [-0.4, -0.2) is 19.9 Å². The third-order valence-electron chi connectivity index (χ3n) is 1.94. The highest BCUT2D eigenvalue weighted by molar-refractivity contribution is 9.10. The Bertz CT molecular complexity index is 433. The van der Waals surface area contributed by atoms with Crippen LogP contribution in [0, 0.1) is 0 Å². The van der Waals surface area contributed by atoms with E-state index in [1.165, 1.54) is 7.11 Å². The highest BCUT2D eigenvalue weighted by Crippen LogP contribution is 2.46. The largest absolute Gasteiger partial charge is 0.465 e. The average Bonchev–Trinajstić information content (AvgIpc) is 2.71. The van der Waals surface area contributed by atoms with Crippen LogP contribution in [0.2, 0.25) is 5.02 Å². The monoisotopic (exact) mass is 292 g/mol. The van der Waals surface area contributed by atoms with Crippen molar-refractivity contribution in [2.24, 2.45) is 0 Å². The standard InChI is InChI=1S/C9H6BrClO4/c1-13-9(12)4-2-5(10)7-8(6(4)11)15-3-14-7/h2H,3H2,1H3. The molecule has 0 aromatic heterocycles. The van der Waals surface area contributed by atoms with Gasteiger partial charge in [0.1, 0.15) is 5.02 Å². The zero-order chi connectivity index (χ0) is 11.0. The fraction of sp³-hybridized carbons (Fsp3) is 0.222. The quantitative estimate of drug-likeness (QED) is 0.747. The fourth-order valence-electron chi connectivity index (χ4n) is 1.26. The van der Waals surface area contributed by atoms with Crippen molar-refractivity contribution in [2.75, 3.05) is 13.9 Å². The van der Waals surface area contributed by atoms with Crippen molar-refractivity contribution in [1.82, 2.24) is 0 Å². The molecule has 1 aliphatic heterocycles. The molecule has 0 saturated heterocycles. The van der Waals surface area contributed by atoms with E-state index in [0.717, 1.165) is 0 Å². The first-order valence-corrected chi connectivity index (χ1v) is 5.18. The third kappa shape index (κ3) is 1.66. The molecule has 1 aromatic rings. The fourth-order valence-corrected chi connectivity index (χ4v) is 2.05. The molecule has 0 N–H and O–H groups in total. The van der Waals surface area contributed by atoms with E-state index in [4.69, 9.17) is 21.1 Å². The van der Waals surface area contributed by atoms with Crippen molar-refractivity contribution >= 4 is 33.5 Å². The number of halogens is 2. The Labute approximate surface area is 99.2 Å². The molecular weight excluding hydrogens is 287 g/mol. The maximum atomic E-state index is 11.4. The van der Waals surface area contributed by atoms with E-state index < -0.39 is 5.97 Å². The Kier molecular flexibility index (Phi) is 2.75. The van der Waals surface area contributed by atoms with Gasteiger partial charge in [0, 0.05) is 0 Å². The number of hydrogen-bond acceptors (Lipinski definition) is 4. The second-order valence-corrected chi connectivity index (χ2v) is 4.01. The minimum Gasteiger partial charge on any atom is -0.465 e. The molecule has 0 radical (unpaired) electrons. The number of carbonyl (C=O) groups excluding carboxylic acids is 1. The smallest absolute Gasteiger partial charge is 0.339 e. The normalized spacial score (nSPS) is 12.7. The Morgan fingerprint density at radius 2 is 2.20 bits per heavy atom. The van der Waals surface area contributed by atoms with Crippen molar-refractivity contribution < 1.29 is 19.0 Å². The van der Waals surface area contributed by atoms with Crippen LogP contribution in [-0.2, 0) is 4.74 Å². The topological polar surface area (TPSA) is 44.8 Å². The summed E-state index contributed by atoms with van der Waals surface area (Å²) in [6, 6.07) is 1.54. The van der Waals surface area contributed by atoms with E-state index in [1.807, 2.05) is 0 Å². The first kappa shape index (κ1) is 10.6. The number of benzene rings is 1. The summed E-state index contributed by atoms with van der Waals surface area (Å²) in [5, 5.41) is 0.206. The molecule has 0 spiro atoms. The van der Waals surface area contributed by atoms with Crippen LogP contribution in [0.3, 0.4) is 0 Å². The number of rotatable bonds is 1. The summed E-state index contributed by atoms with van der Waals surface area (Å²) in [5.74, 6) is 0.359. The minimum atomic E-state index is -0.515. The minimum absolute atomic E-state index is 0.0955. The maximum absolute atomic E-state index is 11.4. The average molecular weight is 294 g/mol. The molecule has 1 heterocycles. The molecule has 0 aliphatic carbocycles. The van der Waals surface area contributed by atoms with Gasteiger partial charge in [0.25, 0.3) is 0 Å². The van der Waals surface area contributed by atoms with E-state index in [2.05, 4.69) is 20.7 Å². The van der Waals surface area contributed by atoms with E-state index in [-0.39, 0.29) is 17.4 Å². The van der Waals surface area contributed by atoms with Crippen LogP contribution in [0.5, 0.6) is 11.5 Å². The Morgan fingerprint density at radius 1 is 1.53 bits per heavy atom. The molecule has 0 atom stereocenters. The van der Waals surface area contributed by atoms with E-state index in [0.29, 0.717) is 16.0 Å². The number of carbonyl (C=O) groups is 1. The van der Waals surface area contributed by atoms with Crippen molar-refractivity contribution in [3.05, 3.63) is 21.1 Å². The highest BCUT2D eigenvalue weighted by atomic mass is 79.9. The van der Waals surface area contributed by atoms with Gasteiger partial charge in [0.2, 0.25) is 6.79 Å². The van der Waals surface area contributed by atoms with Crippen LogP contribution in [0.25, 0.3) is 0 Å². The van der Waals surface area contributed by atoms with Gasteiger partial charge in [-0.15, -0.1) is 0 Å². The molecule has 0 fully saturated rings. The van der Waals surface area contributed by atoms with Crippen molar-refractivity contribution in [2.45, 2.75) is 0 Å². The molecule has 80 valence electrons. The Balaban J connectivity index is 2.59. The molecule has 2 rings (SSSR count). The molecule has 1 aromatic carbocycles. The molecule has 0 saturated carbocycles. The molecule has 0 bridgehead atoms. The lowest BCUT2D eigenvalue weighted by atomic mass is 10.2. The van der Waals surface area contributed by atoms with E-state index in [1.54, 1.807) is 6.07 Å². The molecule has 4 nitrogen and oxygen atoms in total. The number of fused-ring (bicyclic) bond motifs is 1. The van der Waals surface area contributed by atoms with Gasteiger partial charge in [0.05, 0.1) is 17.1 Å². The lowest BCUT2D eigenvalue weighted by Gasteiger charge is -2.06. The Hall–Kier alpha value is -0.940. The zero-order valence-electron chi connectivity index (χ0n) is 7.67. The summed E-state index contributed by atoms with van der Waals surface area (Å²) in [7, 11) is 1.29. The second kappa shape index (κ2) is 3.90.